The Bertz CT molecular complexity index is 1100. The second kappa shape index (κ2) is 8.46. The average Bonchev–Trinajstić information content (AvgIpc) is 3.23. The van der Waals surface area contributed by atoms with Gasteiger partial charge < -0.3 is 5.32 Å². The second-order valence-electron chi connectivity index (χ2n) is 6.16. The van der Waals surface area contributed by atoms with Gasteiger partial charge in [0.2, 0.25) is 0 Å². The number of amides is 1. The van der Waals surface area contributed by atoms with Gasteiger partial charge in [-0.25, -0.2) is 0 Å². The van der Waals surface area contributed by atoms with Crippen LogP contribution in [0.2, 0.25) is 0 Å². The molecule has 1 N–H and O–H groups in total. The minimum Gasteiger partial charge on any atom is -0.322 e. The lowest BCUT2D eigenvalue weighted by Crippen LogP contribution is -2.11. The molecule has 0 saturated heterocycles. The van der Waals surface area contributed by atoms with Gasteiger partial charge in [-0.2, -0.15) is 0 Å². The molecule has 4 aromatic rings. The van der Waals surface area contributed by atoms with E-state index >= 15 is 0 Å². The smallest absolute Gasteiger partial charge is 0.257 e. The maximum absolute atomic E-state index is 12.7. The number of hydrogen-bond donors (Lipinski definition) is 1. The Labute approximate surface area is 168 Å². The van der Waals surface area contributed by atoms with Gasteiger partial charge in [-0.3, -0.25) is 9.79 Å². The monoisotopic (exact) mass is 382 g/mol. The summed E-state index contributed by atoms with van der Waals surface area (Å²) in [5.41, 5.74) is 3.14. The number of rotatable bonds is 5. The summed E-state index contributed by atoms with van der Waals surface area (Å²) in [6.45, 7) is 0. The number of carbonyl (C=O) groups excluding carboxylic acids is 1. The fraction of sp³-hybridized carbons (Fsp3) is 0. The van der Waals surface area contributed by atoms with Gasteiger partial charge in [0.1, 0.15) is 0 Å². The predicted octanol–water partition coefficient (Wildman–Crippen LogP) is 6.42. The number of nitrogens with one attached hydrogen (secondary N) is 1. The Morgan fingerprint density at radius 2 is 1.46 bits per heavy atom. The van der Waals surface area contributed by atoms with Gasteiger partial charge in [0.05, 0.1) is 11.3 Å². The molecular formula is C24H18N2OS. The topological polar surface area (TPSA) is 41.5 Å². The van der Waals surface area contributed by atoms with Crippen LogP contribution >= 0.6 is 11.3 Å². The van der Waals surface area contributed by atoms with Crippen molar-refractivity contribution in [3.8, 4) is 10.4 Å². The van der Waals surface area contributed by atoms with Crippen LogP contribution in [0.4, 0.5) is 11.4 Å². The molecular weight excluding hydrogens is 364 g/mol. The van der Waals surface area contributed by atoms with E-state index in [0.717, 1.165) is 10.6 Å². The molecule has 0 unspecified atom stereocenters. The summed E-state index contributed by atoms with van der Waals surface area (Å²) in [6.07, 6.45) is 1.81. The first kappa shape index (κ1) is 17.9. The third-order valence-electron chi connectivity index (χ3n) is 4.20. The molecule has 0 radical (unpaired) electrons. The van der Waals surface area contributed by atoms with Gasteiger partial charge in [0, 0.05) is 21.7 Å². The summed E-state index contributed by atoms with van der Waals surface area (Å²) >= 11 is 1.67. The molecule has 0 fully saturated rings. The lowest BCUT2D eigenvalue weighted by molar-refractivity contribution is 0.102. The van der Waals surface area contributed by atoms with Crippen LogP contribution in [0.3, 0.4) is 0 Å². The van der Waals surface area contributed by atoms with Gasteiger partial charge >= 0.3 is 0 Å². The van der Waals surface area contributed by atoms with E-state index in [-0.39, 0.29) is 5.91 Å². The maximum atomic E-state index is 12.7. The number of aliphatic imine (C=N–C) groups is 1. The highest BCUT2D eigenvalue weighted by molar-refractivity contribution is 7.17. The Morgan fingerprint density at radius 1 is 0.786 bits per heavy atom. The van der Waals surface area contributed by atoms with Gasteiger partial charge in [-0.1, -0.05) is 60.7 Å². The number of benzene rings is 3. The van der Waals surface area contributed by atoms with E-state index in [0.29, 0.717) is 11.3 Å². The fourth-order valence-corrected chi connectivity index (χ4v) is 3.70. The van der Waals surface area contributed by atoms with E-state index in [4.69, 9.17) is 0 Å². The van der Waals surface area contributed by atoms with Crippen molar-refractivity contribution in [2.24, 2.45) is 4.99 Å². The van der Waals surface area contributed by atoms with Crippen molar-refractivity contribution < 1.29 is 4.79 Å². The molecule has 28 heavy (non-hydrogen) atoms. The number of nitrogens with zero attached hydrogens (tertiary/aromatic N) is 1. The summed E-state index contributed by atoms with van der Waals surface area (Å²) in [5, 5.41) is 2.91. The van der Waals surface area contributed by atoms with Crippen LogP contribution < -0.4 is 5.32 Å². The molecule has 1 amide bonds. The van der Waals surface area contributed by atoms with Crippen molar-refractivity contribution in [3.63, 3.8) is 0 Å². The standard InChI is InChI=1S/C24H18N2OS/c27-24(26-19-11-5-2-6-12-19)21-13-7-8-14-22(21)25-17-20-15-16-23(28-20)18-9-3-1-4-10-18/h1-17H,(H,26,27). The van der Waals surface area contributed by atoms with Crippen molar-refractivity contribution in [3.05, 3.63) is 108 Å². The predicted molar refractivity (Wildman–Crippen MR) is 118 cm³/mol. The highest BCUT2D eigenvalue weighted by atomic mass is 32.1. The molecule has 1 aromatic heterocycles. The molecule has 0 saturated carbocycles. The van der Waals surface area contributed by atoms with Crippen LogP contribution in [0.1, 0.15) is 15.2 Å². The van der Waals surface area contributed by atoms with Crippen LogP contribution in [-0.4, -0.2) is 12.1 Å². The van der Waals surface area contributed by atoms with E-state index < -0.39 is 0 Å². The zero-order chi connectivity index (χ0) is 19.2. The SMILES string of the molecule is O=C(Nc1ccccc1)c1ccccc1N=Cc1ccc(-c2ccccc2)s1. The zero-order valence-corrected chi connectivity index (χ0v) is 15.9. The zero-order valence-electron chi connectivity index (χ0n) is 15.1. The minimum absolute atomic E-state index is 0.171. The van der Waals surface area contributed by atoms with Crippen LogP contribution in [0.5, 0.6) is 0 Å². The lowest BCUT2D eigenvalue weighted by Gasteiger charge is -2.07. The van der Waals surface area contributed by atoms with E-state index in [2.05, 4.69) is 28.5 Å². The Hall–Kier alpha value is -3.50. The fourth-order valence-electron chi connectivity index (χ4n) is 2.81. The number of anilines is 1. The Morgan fingerprint density at radius 3 is 2.25 bits per heavy atom. The largest absolute Gasteiger partial charge is 0.322 e. The molecule has 0 aliphatic carbocycles. The molecule has 0 bridgehead atoms. The van der Waals surface area contributed by atoms with Crippen LogP contribution in [-0.2, 0) is 0 Å². The highest BCUT2D eigenvalue weighted by Gasteiger charge is 2.10. The number of thiophene rings is 1. The van der Waals surface area contributed by atoms with E-state index in [1.54, 1.807) is 17.4 Å². The van der Waals surface area contributed by atoms with Gasteiger partial charge in [0.25, 0.3) is 5.91 Å². The first-order valence-corrected chi connectivity index (χ1v) is 9.76. The molecule has 0 aliphatic heterocycles. The van der Waals surface area contributed by atoms with Crippen molar-refractivity contribution in [1.29, 1.82) is 0 Å². The molecule has 0 aliphatic rings. The second-order valence-corrected chi connectivity index (χ2v) is 7.28. The maximum Gasteiger partial charge on any atom is 0.257 e. The van der Waals surface area contributed by atoms with Crippen LogP contribution in [0.25, 0.3) is 10.4 Å². The highest BCUT2D eigenvalue weighted by Crippen LogP contribution is 2.28. The normalized spacial score (nSPS) is 10.9. The summed E-state index contributed by atoms with van der Waals surface area (Å²) in [6, 6.07) is 31.2. The Kier molecular flexibility index (Phi) is 5.41. The molecule has 136 valence electrons. The third-order valence-corrected chi connectivity index (χ3v) is 5.27. The molecule has 3 nitrogen and oxygen atoms in total. The average molecular weight is 382 g/mol. The molecule has 4 heteroatoms. The third kappa shape index (κ3) is 4.24. The number of hydrogen-bond acceptors (Lipinski definition) is 3. The van der Waals surface area contributed by atoms with Crippen molar-refractivity contribution >= 4 is 34.8 Å². The van der Waals surface area contributed by atoms with Gasteiger partial charge in [-0.15, -0.1) is 11.3 Å². The van der Waals surface area contributed by atoms with E-state index in [1.807, 2.05) is 79.0 Å². The Balaban J connectivity index is 1.54. The summed E-state index contributed by atoms with van der Waals surface area (Å²) in [4.78, 5) is 19.5. The van der Waals surface area contributed by atoms with Gasteiger partial charge in [0.15, 0.2) is 0 Å². The molecule has 4 rings (SSSR count). The molecule has 3 aromatic carbocycles. The summed E-state index contributed by atoms with van der Waals surface area (Å²) < 4.78 is 0. The van der Waals surface area contributed by atoms with Crippen molar-refractivity contribution in [2.75, 3.05) is 5.32 Å². The van der Waals surface area contributed by atoms with Crippen LogP contribution in [0.15, 0.2) is 102 Å². The first-order valence-electron chi connectivity index (χ1n) is 8.94. The quantitative estimate of drug-likeness (QED) is 0.398. The number of carbonyl (C=O) groups is 1. The first-order chi connectivity index (χ1) is 13.8. The van der Waals surface area contributed by atoms with Gasteiger partial charge in [-0.05, 0) is 42.0 Å². The molecule has 1 heterocycles. The minimum atomic E-state index is -0.171. The summed E-state index contributed by atoms with van der Waals surface area (Å²) in [7, 11) is 0. The summed E-state index contributed by atoms with van der Waals surface area (Å²) in [5.74, 6) is -0.171. The lowest BCUT2D eigenvalue weighted by atomic mass is 10.1. The molecule has 0 spiro atoms. The van der Waals surface area contributed by atoms with E-state index in [1.165, 1.54) is 10.4 Å². The van der Waals surface area contributed by atoms with Crippen molar-refractivity contribution in [1.82, 2.24) is 0 Å². The van der Waals surface area contributed by atoms with E-state index in [9.17, 15) is 4.79 Å². The van der Waals surface area contributed by atoms with Crippen LogP contribution in [0, 0.1) is 0 Å². The molecule has 0 atom stereocenters. The van der Waals surface area contributed by atoms with Crippen molar-refractivity contribution in [2.45, 2.75) is 0 Å². The number of para-hydroxylation sites is 2.